The van der Waals surface area contributed by atoms with E-state index in [1.54, 1.807) is 23.6 Å². The highest BCUT2D eigenvalue weighted by Crippen LogP contribution is 2.29. The maximum atomic E-state index is 12.7. The molecule has 1 amide bonds. The minimum atomic E-state index is -0.424. The fourth-order valence-corrected chi connectivity index (χ4v) is 4.27. The highest BCUT2D eigenvalue weighted by Gasteiger charge is 2.25. The lowest BCUT2D eigenvalue weighted by molar-refractivity contribution is -0.116. The van der Waals surface area contributed by atoms with Gasteiger partial charge in [0.05, 0.1) is 5.75 Å². The number of carbonyl (C=O) groups excluding carboxylic acids is 1. The number of fused-ring (bicyclic) bond motifs is 2. The zero-order valence-electron chi connectivity index (χ0n) is 15.3. The maximum Gasteiger partial charge on any atom is 0.332 e. The van der Waals surface area contributed by atoms with E-state index in [0.717, 1.165) is 16.7 Å². The van der Waals surface area contributed by atoms with Gasteiger partial charge in [0.2, 0.25) is 5.91 Å². The maximum absolute atomic E-state index is 12.7. The van der Waals surface area contributed by atoms with Gasteiger partial charge in [0, 0.05) is 33.4 Å². The number of thioether (sulfide) groups is 1. The minimum Gasteiger partial charge on any atom is -0.316 e. The van der Waals surface area contributed by atoms with Crippen molar-refractivity contribution in [1.82, 2.24) is 18.7 Å². The van der Waals surface area contributed by atoms with Gasteiger partial charge in [-0.15, -0.1) is 0 Å². The summed E-state index contributed by atoms with van der Waals surface area (Å²) in [6.07, 6.45) is 0.858. The Kier molecular flexibility index (Phi) is 4.18. The topological polar surface area (TPSA) is 82.1 Å². The molecule has 0 radical (unpaired) electrons. The van der Waals surface area contributed by atoms with Gasteiger partial charge in [0.1, 0.15) is 0 Å². The number of hydrogen-bond acceptors (Lipinski definition) is 5. The van der Waals surface area contributed by atoms with Crippen molar-refractivity contribution in [3.8, 4) is 0 Å². The molecule has 1 aliphatic rings. The van der Waals surface area contributed by atoms with E-state index in [0.29, 0.717) is 22.9 Å². The second-order valence-corrected chi connectivity index (χ2v) is 7.49. The van der Waals surface area contributed by atoms with Gasteiger partial charge in [-0.1, -0.05) is 30.0 Å². The van der Waals surface area contributed by atoms with Crippen LogP contribution in [0.15, 0.2) is 39.0 Å². The standard InChI is InChI=1S/C18H19N5O3S/c1-20-14-15(21(2)18(26)22(3)16(14)25)19-17(20)27-10-13(24)23-9-8-11-6-4-5-7-12(11)23/h4-7H,8-10H2,1-3H3. The largest absolute Gasteiger partial charge is 0.332 e. The van der Waals surface area contributed by atoms with Crippen molar-refractivity contribution in [3.63, 3.8) is 0 Å². The summed E-state index contributed by atoms with van der Waals surface area (Å²) >= 11 is 1.27. The number of rotatable bonds is 3. The number of anilines is 1. The third-order valence-electron chi connectivity index (χ3n) is 4.95. The number of nitrogens with zero attached hydrogens (tertiary/aromatic N) is 5. The molecule has 3 aromatic rings. The number of imidazole rings is 1. The summed E-state index contributed by atoms with van der Waals surface area (Å²) in [5.74, 6) is 0.207. The Hall–Kier alpha value is -2.81. The zero-order valence-corrected chi connectivity index (χ0v) is 16.1. The van der Waals surface area contributed by atoms with Crippen LogP contribution in [0.4, 0.5) is 5.69 Å². The second-order valence-electron chi connectivity index (χ2n) is 6.54. The summed E-state index contributed by atoms with van der Waals surface area (Å²) in [4.78, 5) is 43.4. The normalized spacial score (nSPS) is 13.4. The smallest absolute Gasteiger partial charge is 0.316 e. The van der Waals surface area contributed by atoms with Crippen LogP contribution >= 0.6 is 11.8 Å². The van der Waals surface area contributed by atoms with Crippen molar-refractivity contribution >= 4 is 34.5 Å². The zero-order chi connectivity index (χ0) is 19.3. The Labute approximate surface area is 159 Å². The molecule has 140 valence electrons. The molecule has 0 saturated carbocycles. The fourth-order valence-electron chi connectivity index (χ4n) is 3.43. The number of carbonyl (C=O) groups is 1. The molecular formula is C18H19N5O3S. The van der Waals surface area contributed by atoms with Crippen molar-refractivity contribution in [1.29, 1.82) is 0 Å². The predicted molar refractivity (Wildman–Crippen MR) is 104 cm³/mol. The van der Waals surface area contributed by atoms with E-state index in [1.165, 1.54) is 28.9 Å². The third-order valence-corrected chi connectivity index (χ3v) is 5.96. The molecular weight excluding hydrogens is 366 g/mol. The van der Waals surface area contributed by atoms with E-state index < -0.39 is 11.2 Å². The highest BCUT2D eigenvalue weighted by molar-refractivity contribution is 7.99. The molecule has 4 rings (SSSR count). The molecule has 0 N–H and O–H groups in total. The van der Waals surface area contributed by atoms with Crippen LogP contribution < -0.4 is 16.1 Å². The van der Waals surface area contributed by atoms with Crippen molar-refractivity contribution in [3.05, 3.63) is 50.7 Å². The molecule has 0 bridgehead atoms. The van der Waals surface area contributed by atoms with Gasteiger partial charge < -0.3 is 9.47 Å². The Morgan fingerprint density at radius 1 is 1.11 bits per heavy atom. The van der Waals surface area contributed by atoms with Crippen molar-refractivity contribution in [2.24, 2.45) is 21.1 Å². The Bertz CT molecular complexity index is 1190. The molecule has 0 fully saturated rings. The Balaban J connectivity index is 1.62. The second kappa shape index (κ2) is 6.41. The minimum absolute atomic E-state index is 0.00111. The number of para-hydroxylation sites is 1. The van der Waals surface area contributed by atoms with Gasteiger partial charge in [-0.2, -0.15) is 0 Å². The lowest BCUT2D eigenvalue weighted by Gasteiger charge is -2.16. The fraction of sp³-hybridized carbons (Fsp3) is 0.333. The molecule has 3 heterocycles. The SMILES string of the molecule is Cn1c(=O)c2c(nc(SCC(=O)N3CCc4ccccc43)n2C)n(C)c1=O. The molecule has 0 saturated heterocycles. The van der Waals surface area contributed by atoms with E-state index in [2.05, 4.69) is 4.98 Å². The molecule has 0 spiro atoms. The monoisotopic (exact) mass is 385 g/mol. The molecule has 2 aromatic heterocycles. The van der Waals surface area contributed by atoms with Gasteiger partial charge in [0.15, 0.2) is 16.3 Å². The summed E-state index contributed by atoms with van der Waals surface area (Å²) < 4.78 is 4.05. The average Bonchev–Trinajstić information content (AvgIpc) is 3.24. The Morgan fingerprint density at radius 2 is 1.85 bits per heavy atom. The first kappa shape index (κ1) is 17.6. The lowest BCUT2D eigenvalue weighted by Crippen LogP contribution is -2.37. The van der Waals surface area contributed by atoms with Crippen molar-refractivity contribution in [2.45, 2.75) is 11.6 Å². The van der Waals surface area contributed by atoms with Gasteiger partial charge in [-0.25, -0.2) is 9.78 Å². The first-order valence-corrected chi connectivity index (χ1v) is 9.52. The average molecular weight is 385 g/mol. The predicted octanol–water partition coefficient (Wildman–Crippen LogP) is 0.652. The van der Waals surface area contributed by atoms with Crippen LogP contribution in [0.2, 0.25) is 0 Å². The number of aryl methyl sites for hydroxylation is 2. The molecule has 8 nitrogen and oxygen atoms in total. The van der Waals surface area contributed by atoms with Gasteiger partial charge in [-0.3, -0.25) is 18.7 Å². The Morgan fingerprint density at radius 3 is 2.63 bits per heavy atom. The van der Waals surface area contributed by atoms with Crippen LogP contribution in [0.5, 0.6) is 0 Å². The molecule has 1 aromatic carbocycles. The molecule has 0 unspecified atom stereocenters. The summed E-state index contributed by atoms with van der Waals surface area (Å²) in [7, 11) is 4.75. The number of amides is 1. The van der Waals surface area contributed by atoms with Crippen LogP contribution in [0.1, 0.15) is 5.56 Å². The van der Waals surface area contributed by atoms with Crippen molar-refractivity contribution < 1.29 is 4.79 Å². The van der Waals surface area contributed by atoms with E-state index in [4.69, 9.17) is 0 Å². The molecule has 0 aliphatic carbocycles. The van der Waals surface area contributed by atoms with Gasteiger partial charge >= 0.3 is 5.69 Å². The van der Waals surface area contributed by atoms with E-state index in [1.807, 2.05) is 24.3 Å². The van der Waals surface area contributed by atoms with Gasteiger partial charge in [0.25, 0.3) is 5.56 Å². The summed E-state index contributed by atoms with van der Waals surface area (Å²) in [5.41, 5.74) is 2.00. The summed E-state index contributed by atoms with van der Waals surface area (Å²) in [6.45, 7) is 0.677. The highest BCUT2D eigenvalue weighted by atomic mass is 32.2. The number of hydrogen-bond donors (Lipinski definition) is 0. The van der Waals surface area contributed by atoms with Crippen LogP contribution in [0, 0.1) is 0 Å². The number of benzene rings is 1. The molecule has 1 aliphatic heterocycles. The first-order chi connectivity index (χ1) is 12.9. The van der Waals surface area contributed by atoms with E-state index >= 15 is 0 Å². The van der Waals surface area contributed by atoms with Crippen LogP contribution in [0.3, 0.4) is 0 Å². The molecule has 9 heteroatoms. The van der Waals surface area contributed by atoms with E-state index in [9.17, 15) is 14.4 Å². The van der Waals surface area contributed by atoms with Crippen molar-refractivity contribution in [2.75, 3.05) is 17.2 Å². The molecule has 0 atom stereocenters. The number of aromatic nitrogens is 4. The van der Waals surface area contributed by atoms with Crippen LogP contribution in [-0.4, -0.2) is 36.9 Å². The lowest BCUT2D eigenvalue weighted by atomic mass is 10.2. The summed E-state index contributed by atoms with van der Waals surface area (Å²) in [5, 5.41) is 0.532. The molecule has 27 heavy (non-hydrogen) atoms. The quantitative estimate of drug-likeness (QED) is 0.619. The van der Waals surface area contributed by atoms with Crippen LogP contribution in [-0.2, 0) is 32.4 Å². The first-order valence-electron chi connectivity index (χ1n) is 8.53. The van der Waals surface area contributed by atoms with Gasteiger partial charge in [-0.05, 0) is 18.1 Å². The van der Waals surface area contributed by atoms with E-state index in [-0.39, 0.29) is 11.7 Å². The third kappa shape index (κ3) is 2.69. The van der Waals surface area contributed by atoms with Crippen LogP contribution in [0.25, 0.3) is 11.2 Å². The summed E-state index contributed by atoms with van der Waals surface area (Å²) in [6, 6.07) is 7.90.